The van der Waals surface area contributed by atoms with E-state index in [-0.39, 0.29) is 11.5 Å². The Morgan fingerprint density at radius 2 is 1.78 bits per heavy atom. The van der Waals surface area contributed by atoms with Gasteiger partial charge in [-0.25, -0.2) is 15.4 Å². The average molecular weight is 364 g/mol. The average Bonchev–Trinajstić information content (AvgIpc) is 2.72. The van der Waals surface area contributed by atoms with Crippen molar-refractivity contribution in [2.45, 2.75) is 19.9 Å². The van der Waals surface area contributed by atoms with Gasteiger partial charge in [-0.15, -0.1) is 0 Å². The molecular weight excluding hydrogens is 344 g/mol. The van der Waals surface area contributed by atoms with Gasteiger partial charge in [0, 0.05) is 42.7 Å². The van der Waals surface area contributed by atoms with E-state index in [1.807, 2.05) is 30.3 Å². The molecular formula is C20H20N4O3. The molecule has 3 aromatic rings. The summed E-state index contributed by atoms with van der Waals surface area (Å²) in [7, 11) is 0. The first-order valence-corrected chi connectivity index (χ1v) is 8.61. The molecule has 7 heteroatoms. The second kappa shape index (κ2) is 8.37. The predicted octanol–water partition coefficient (Wildman–Crippen LogP) is 2.50. The van der Waals surface area contributed by atoms with Gasteiger partial charge >= 0.3 is 0 Å². The molecule has 0 bridgehead atoms. The highest BCUT2D eigenvalue weighted by Crippen LogP contribution is 2.21. The lowest BCUT2D eigenvalue weighted by molar-refractivity contribution is -0.133. The minimum Gasteiger partial charge on any atom is -0.315 e. The van der Waals surface area contributed by atoms with Crippen LogP contribution < -0.4 is 11.0 Å². The summed E-state index contributed by atoms with van der Waals surface area (Å²) in [6.45, 7) is 2.10. The third kappa shape index (κ3) is 4.45. The fourth-order valence-corrected chi connectivity index (χ4v) is 2.71. The van der Waals surface area contributed by atoms with Gasteiger partial charge in [-0.3, -0.25) is 14.8 Å². The maximum absolute atomic E-state index is 12.3. The zero-order valence-corrected chi connectivity index (χ0v) is 14.9. The van der Waals surface area contributed by atoms with Crippen LogP contribution in [0, 0.1) is 5.92 Å². The maximum atomic E-state index is 12.3. The lowest BCUT2D eigenvalue weighted by Crippen LogP contribution is -2.28. The first-order chi connectivity index (χ1) is 13.1. The predicted molar refractivity (Wildman–Crippen MR) is 101 cm³/mol. The molecule has 0 radical (unpaired) electrons. The van der Waals surface area contributed by atoms with Crippen LogP contribution in [0.25, 0.3) is 22.5 Å². The van der Waals surface area contributed by atoms with Crippen LogP contribution in [0.15, 0.2) is 65.8 Å². The second-order valence-electron chi connectivity index (χ2n) is 6.26. The Kier molecular flexibility index (Phi) is 5.73. The molecule has 2 aromatic heterocycles. The molecule has 138 valence electrons. The highest BCUT2D eigenvalue weighted by atomic mass is 16.5. The summed E-state index contributed by atoms with van der Waals surface area (Å²) in [6, 6.07) is 12.9. The molecule has 1 aromatic carbocycles. The number of aryl methyl sites for hydroxylation is 1. The number of carbonyl (C=O) groups excluding carboxylic acids is 1. The summed E-state index contributed by atoms with van der Waals surface area (Å²) in [5.41, 5.74) is 4.14. The van der Waals surface area contributed by atoms with Crippen LogP contribution in [0.3, 0.4) is 0 Å². The Morgan fingerprint density at radius 1 is 1.11 bits per heavy atom. The highest BCUT2D eigenvalue weighted by Gasteiger charge is 2.12. The van der Waals surface area contributed by atoms with Crippen LogP contribution in [0.4, 0.5) is 0 Å². The molecule has 0 saturated heterocycles. The molecule has 0 spiro atoms. The van der Waals surface area contributed by atoms with Crippen molar-refractivity contribution < 1.29 is 10.0 Å². The van der Waals surface area contributed by atoms with Crippen LogP contribution >= 0.6 is 0 Å². The normalized spacial score (nSPS) is 11.8. The summed E-state index contributed by atoms with van der Waals surface area (Å²) in [5, 5.41) is 8.64. The zero-order chi connectivity index (χ0) is 19.2. The fourth-order valence-electron chi connectivity index (χ4n) is 2.71. The van der Waals surface area contributed by atoms with Crippen molar-refractivity contribution in [3.05, 3.63) is 71.4 Å². The van der Waals surface area contributed by atoms with Crippen molar-refractivity contribution in [1.82, 2.24) is 20.0 Å². The molecule has 7 nitrogen and oxygen atoms in total. The lowest BCUT2D eigenvalue weighted by Gasteiger charge is -2.11. The minimum atomic E-state index is -0.456. The Hall–Kier alpha value is -3.32. The first-order valence-electron chi connectivity index (χ1n) is 8.61. The van der Waals surface area contributed by atoms with Gasteiger partial charge in [-0.1, -0.05) is 31.2 Å². The van der Waals surface area contributed by atoms with E-state index in [1.165, 1.54) is 0 Å². The van der Waals surface area contributed by atoms with Crippen molar-refractivity contribution in [3.8, 4) is 22.5 Å². The molecule has 2 heterocycles. The number of benzene rings is 1. The Bertz CT molecular complexity index is 969. The third-order valence-electron chi connectivity index (χ3n) is 4.40. The smallest absolute Gasteiger partial charge is 0.251 e. The molecule has 3 rings (SSSR count). The van der Waals surface area contributed by atoms with Crippen molar-refractivity contribution in [2.24, 2.45) is 5.92 Å². The van der Waals surface area contributed by atoms with E-state index in [1.54, 1.807) is 47.7 Å². The van der Waals surface area contributed by atoms with E-state index in [0.29, 0.717) is 18.8 Å². The van der Waals surface area contributed by atoms with Crippen LogP contribution in [0.1, 0.15) is 13.3 Å². The van der Waals surface area contributed by atoms with Crippen molar-refractivity contribution in [2.75, 3.05) is 0 Å². The number of nitrogens with one attached hydrogen (secondary N) is 1. The van der Waals surface area contributed by atoms with E-state index in [9.17, 15) is 9.59 Å². The zero-order valence-electron chi connectivity index (χ0n) is 14.9. The molecule has 0 aliphatic rings. The highest BCUT2D eigenvalue weighted by molar-refractivity contribution is 5.76. The molecule has 1 unspecified atom stereocenters. The Balaban J connectivity index is 1.74. The monoisotopic (exact) mass is 364 g/mol. The molecule has 1 atom stereocenters. The summed E-state index contributed by atoms with van der Waals surface area (Å²) in [5.74, 6) is -0.183. The summed E-state index contributed by atoms with van der Waals surface area (Å²) < 4.78 is 1.55. The van der Waals surface area contributed by atoms with E-state index in [2.05, 4.69) is 9.97 Å². The third-order valence-corrected chi connectivity index (χ3v) is 4.40. The molecule has 1 amide bonds. The molecule has 0 aliphatic heterocycles. The lowest BCUT2D eigenvalue weighted by atomic mass is 10.0. The van der Waals surface area contributed by atoms with Gasteiger partial charge in [0.1, 0.15) is 0 Å². The number of amides is 1. The molecule has 0 aliphatic carbocycles. The summed E-state index contributed by atoms with van der Waals surface area (Å²) in [6.07, 6.45) is 5.56. The maximum Gasteiger partial charge on any atom is 0.251 e. The Morgan fingerprint density at radius 3 is 2.41 bits per heavy atom. The van der Waals surface area contributed by atoms with Gasteiger partial charge < -0.3 is 4.57 Å². The number of pyridine rings is 1. The molecule has 0 saturated carbocycles. The summed E-state index contributed by atoms with van der Waals surface area (Å²) >= 11 is 0. The van der Waals surface area contributed by atoms with Gasteiger partial charge in [0.2, 0.25) is 5.91 Å². The second-order valence-corrected chi connectivity index (χ2v) is 6.26. The first kappa shape index (κ1) is 18.5. The van der Waals surface area contributed by atoms with Crippen LogP contribution in [-0.2, 0) is 11.3 Å². The fraction of sp³-hybridized carbons (Fsp3) is 0.200. The largest absolute Gasteiger partial charge is 0.315 e. The number of hydrogen-bond acceptors (Lipinski definition) is 5. The summed E-state index contributed by atoms with van der Waals surface area (Å²) in [4.78, 5) is 32.1. The SMILES string of the molecule is CC(CCn1ccc(-c2ccc(-c3ncccn3)cc2)cc1=O)C(=O)NO. The Labute approximate surface area is 156 Å². The van der Waals surface area contributed by atoms with Gasteiger partial charge in [0.25, 0.3) is 5.56 Å². The topological polar surface area (TPSA) is 97.1 Å². The van der Waals surface area contributed by atoms with Crippen LogP contribution in [-0.4, -0.2) is 25.6 Å². The van der Waals surface area contributed by atoms with Crippen molar-refractivity contribution in [1.29, 1.82) is 0 Å². The van der Waals surface area contributed by atoms with Crippen LogP contribution in [0.2, 0.25) is 0 Å². The van der Waals surface area contributed by atoms with Gasteiger partial charge in [-0.2, -0.15) is 0 Å². The minimum absolute atomic E-state index is 0.139. The number of carbonyl (C=O) groups is 1. The van der Waals surface area contributed by atoms with Crippen molar-refractivity contribution >= 4 is 5.91 Å². The molecule has 2 N–H and O–H groups in total. The molecule has 27 heavy (non-hydrogen) atoms. The number of hydrogen-bond donors (Lipinski definition) is 2. The standard InChI is InChI=1S/C20H20N4O3/c1-14(20(26)23-27)7-11-24-12-8-17(13-18(24)25)15-3-5-16(6-4-15)19-21-9-2-10-22-19/h2-6,8-10,12-14,27H,7,11H2,1H3,(H,23,26). The van der Waals surface area contributed by atoms with E-state index < -0.39 is 5.91 Å². The number of aromatic nitrogens is 3. The number of nitrogens with zero attached hydrogens (tertiary/aromatic N) is 3. The van der Waals surface area contributed by atoms with E-state index >= 15 is 0 Å². The molecule has 0 fully saturated rings. The van der Waals surface area contributed by atoms with Gasteiger partial charge in [0.05, 0.1) is 0 Å². The number of hydroxylamine groups is 1. The quantitative estimate of drug-likeness (QED) is 0.517. The van der Waals surface area contributed by atoms with E-state index in [0.717, 1.165) is 16.7 Å². The van der Waals surface area contributed by atoms with E-state index in [4.69, 9.17) is 5.21 Å². The van der Waals surface area contributed by atoms with Crippen LogP contribution in [0.5, 0.6) is 0 Å². The van der Waals surface area contributed by atoms with Crippen molar-refractivity contribution in [3.63, 3.8) is 0 Å². The number of rotatable bonds is 6. The van der Waals surface area contributed by atoms with Gasteiger partial charge in [-0.05, 0) is 29.7 Å². The van der Waals surface area contributed by atoms with Gasteiger partial charge in [0.15, 0.2) is 5.82 Å².